The molecule has 0 spiro atoms. The smallest absolute Gasteiger partial charge is 0.255 e. The zero-order valence-electron chi connectivity index (χ0n) is 14.1. The molecule has 5 nitrogen and oxygen atoms in total. The average Bonchev–Trinajstić information content (AvgIpc) is 3.09. The number of thiocarbonyl (C=S) groups is 1. The standard InChI is InChI=1S/C18H25N3O2S/c1-2-3-4-11-16(22)20-18(24)19-15-10-6-5-9-14(15)17(23)21-12-7-8-13-21/h5-6,9-10H,2-4,7-8,11-13H2,1H3,(H2,19,20,22,24). The molecule has 1 aromatic rings. The van der Waals surface area contributed by atoms with E-state index in [2.05, 4.69) is 17.6 Å². The molecule has 6 heteroatoms. The summed E-state index contributed by atoms with van der Waals surface area (Å²) in [7, 11) is 0. The summed E-state index contributed by atoms with van der Waals surface area (Å²) in [6.07, 6.45) is 5.52. The number of nitrogens with one attached hydrogen (secondary N) is 2. The van der Waals surface area contributed by atoms with Crippen molar-refractivity contribution in [2.24, 2.45) is 0 Å². The third-order valence-electron chi connectivity index (χ3n) is 4.06. The lowest BCUT2D eigenvalue weighted by Gasteiger charge is -2.18. The van der Waals surface area contributed by atoms with Crippen molar-refractivity contribution in [3.63, 3.8) is 0 Å². The van der Waals surface area contributed by atoms with Crippen molar-refractivity contribution in [3.8, 4) is 0 Å². The number of carbonyl (C=O) groups is 2. The summed E-state index contributed by atoms with van der Waals surface area (Å²) in [5, 5.41) is 5.90. The first-order valence-electron chi connectivity index (χ1n) is 8.61. The van der Waals surface area contributed by atoms with Crippen LogP contribution in [0.4, 0.5) is 5.69 Å². The summed E-state index contributed by atoms with van der Waals surface area (Å²) in [5.74, 6) is -0.0861. The second kappa shape index (κ2) is 9.37. The second-order valence-electron chi connectivity index (χ2n) is 6.00. The van der Waals surface area contributed by atoms with Crippen molar-refractivity contribution < 1.29 is 9.59 Å². The number of nitrogens with zero attached hydrogens (tertiary/aromatic N) is 1. The molecule has 1 heterocycles. The highest BCUT2D eigenvalue weighted by Gasteiger charge is 2.21. The fourth-order valence-corrected chi connectivity index (χ4v) is 2.97. The Morgan fingerprint density at radius 2 is 1.88 bits per heavy atom. The molecule has 1 fully saturated rings. The van der Waals surface area contributed by atoms with Gasteiger partial charge in [0.2, 0.25) is 5.91 Å². The van der Waals surface area contributed by atoms with Crippen LogP contribution in [0.3, 0.4) is 0 Å². The number of hydrogen-bond donors (Lipinski definition) is 2. The summed E-state index contributed by atoms with van der Waals surface area (Å²) >= 11 is 5.20. The van der Waals surface area contributed by atoms with Crippen molar-refractivity contribution in [2.75, 3.05) is 18.4 Å². The fourth-order valence-electron chi connectivity index (χ4n) is 2.75. The number of carbonyl (C=O) groups excluding carboxylic acids is 2. The van der Waals surface area contributed by atoms with E-state index in [1.165, 1.54) is 0 Å². The van der Waals surface area contributed by atoms with Gasteiger partial charge in [0.25, 0.3) is 5.91 Å². The Balaban J connectivity index is 1.95. The molecule has 0 saturated carbocycles. The van der Waals surface area contributed by atoms with Gasteiger partial charge in [-0.1, -0.05) is 31.9 Å². The molecule has 1 aromatic carbocycles. The number of rotatable bonds is 6. The summed E-state index contributed by atoms with van der Waals surface area (Å²) in [6, 6.07) is 7.27. The maximum absolute atomic E-state index is 12.6. The van der Waals surface area contributed by atoms with Crippen molar-refractivity contribution in [1.29, 1.82) is 0 Å². The molecule has 1 aliphatic heterocycles. The molecule has 0 bridgehead atoms. The predicted octanol–water partition coefficient (Wildman–Crippen LogP) is 3.32. The van der Waals surface area contributed by atoms with E-state index in [0.717, 1.165) is 45.2 Å². The minimum atomic E-state index is -0.0932. The number of anilines is 1. The van der Waals surface area contributed by atoms with Crippen LogP contribution in [0.1, 0.15) is 55.8 Å². The van der Waals surface area contributed by atoms with Gasteiger partial charge in [-0.05, 0) is 43.6 Å². The van der Waals surface area contributed by atoms with Crippen molar-refractivity contribution in [1.82, 2.24) is 10.2 Å². The zero-order chi connectivity index (χ0) is 17.4. The summed E-state index contributed by atoms with van der Waals surface area (Å²) in [4.78, 5) is 26.3. The average molecular weight is 347 g/mol. The topological polar surface area (TPSA) is 61.4 Å². The van der Waals surface area contributed by atoms with Crippen LogP contribution in [0.15, 0.2) is 24.3 Å². The van der Waals surface area contributed by atoms with Crippen LogP contribution >= 0.6 is 12.2 Å². The first kappa shape index (κ1) is 18.4. The molecule has 0 unspecified atom stereocenters. The van der Waals surface area contributed by atoms with Crippen LogP contribution in [0.25, 0.3) is 0 Å². The molecule has 2 N–H and O–H groups in total. The molecular formula is C18H25N3O2S. The number of amides is 2. The molecule has 0 atom stereocenters. The number of likely N-dealkylation sites (tertiary alicyclic amines) is 1. The van der Waals surface area contributed by atoms with Gasteiger partial charge in [0.1, 0.15) is 0 Å². The normalized spacial score (nSPS) is 13.6. The van der Waals surface area contributed by atoms with Crippen molar-refractivity contribution >= 4 is 34.8 Å². The van der Waals surface area contributed by atoms with Crippen LogP contribution < -0.4 is 10.6 Å². The Kier molecular flexibility index (Phi) is 7.18. The number of benzene rings is 1. The minimum Gasteiger partial charge on any atom is -0.339 e. The quantitative estimate of drug-likeness (QED) is 0.612. The van der Waals surface area contributed by atoms with Crippen LogP contribution in [-0.4, -0.2) is 34.9 Å². The third-order valence-corrected chi connectivity index (χ3v) is 4.26. The summed E-state index contributed by atoms with van der Waals surface area (Å²) < 4.78 is 0. The van der Waals surface area contributed by atoms with Gasteiger partial charge < -0.3 is 15.5 Å². The van der Waals surface area contributed by atoms with E-state index >= 15 is 0 Å². The lowest BCUT2D eigenvalue weighted by atomic mass is 10.1. The largest absolute Gasteiger partial charge is 0.339 e. The lowest BCUT2D eigenvalue weighted by molar-refractivity contribution is -0.119. The van der Waals surface area contributed by atoms with E-state index in [1.54, 1.807) is 12.1 Å². The van der Waals surface area contributed by atoms with Gasteiger partial charge >= 0.3 is 0 Å². The highest BCUT2D eigenvalue weighted by atomic mass is 32.1. The minimum absolute atomic E-state index is 0.00710. The molecule has 0 aromatic heterocycles. The van der Waals surface area contributed by atoms with Gasteiger partial charge in [-0.2, -0.15) is 0 Å². The molecule has 2 rings (SSSR count). The first-order valence-corrected chi connectivity index (χ1v) is 9.01. The Morgan fingerprint density at radius 3 is 2.58 bits per heavy atom. The molecule has 1 aliphatic rings. The first-order chi connectivity index (χ1) is 11.6. The molecule has 2 amide bonds. The number of unbranched alkanes of at least 4 members (excludes halogenated alkanes) is 2. The van der Waals surface area contributed by atoms with Crippen LogP contribution in [0.2, 0.25) is 0 Å². The van der Waals surface area contributed by atoms with Crippen molar-refractivity contribution in [3.05, 3.63) is 29.8 Å². The molecule has 0 aliphatic carbocycles. The molecule has 24 heavy (non-hydrogen) atoms. The third kappa shape index (κ3) is 5.30. The van der Waals surface area contributed by atoms with Crippen LogP contribution in [0.5, 0.6) is 0 Å². The van der Waals surface area contributed by atoms with Gasteiger partial charge in [0.15, 0.2) is 5.11 Å². The van der Waals surface area contributed by atoms with Gasteiger partial charge in [-0.3, -0.25) is 9.59 Å². The molecule has 0 radical (unpaired) electrons. The van der Waals surface area contributed by atoms with Crippen LogP contribution in [-0.2, 0) is 4.79 Å². The maximum atomic E-state index is 12.6. The number of hydrogen-bond acceptors (Lipinski definition) is 3. The van der Waals surface area contributed by atoms with Gasteiger partial charge in [-0.25, -0.2) is 0 Å². The predicted molar refractivity (Wildman–Crippen MR) is 100 cm³/mol. The van der Waals surface area contributed by atoms with Crippen molar-refractivity contribution in [2.45, 2.75) is 45.4 Å². The van der Waals surface area contributed by atoms with Crippen LogP contribution in [0, 0.1) is 0 Å². The van der Waals surface area contributed by atoms with E-state index in [4.69, 9.17) is 12.2 Å². The second-order valence-corrected chi connectivity index (χ2v) is 6.41. The Hall–Kier alpha value is -1.95. The van der Waals surface area contributed by atoms with E-state index in [0.29, 0.717) is 17.7 Å². The monoisotopic (exact) mass is 347 g/mol. The Bertz CT molecular complexity index is 598. The van der Waals surface area contributed by atoms with E-state index in [-0.39, 0.29) is 16.9 Å². The summed E-state index contributed by atoms with van der Waals surface area (Å²) in [6.45, 7) is 3.69. The van der Waals surface area contributed by atoms with Gasteiger partial charge in [-0.15, -0.1) is 0 Å². The Morgan fingerprint density at radius 1 is 1.17 bits per heavy atom. The Labute approximate surface area is 148 Å². The highest BCUT2D eigenvalue weighted by Crippen LogP contribution is 2.20. The van der Waals surface area contributed by atoms with E-state index in [9.17, 15) is 9.59 Å². The molecule has 130 valence electrons. The summed E-state index contributed by atoms with van der Waals surface area (Å²) in [5.41, 5.74) is 1.22. The fraction of sp³-hybridized carbons (Fsp3) is 0.500. The van der Waals surface area contributed by atoms with Gasteiger partial charge in [0, 0.05) is 19.5 Å². The van der Waals surface area contributed by atoms with E-state index < -0.39 is 0 Å². The van der Waals surface area contributed by atoms with Gasteiger partial charge in [0.05, 0.1) is 11.3 Å². The maximum Gasteiger partial charge on any atom is 0.255 e. The number of para-hydroxylation sites is 1. The molecule has 1 saturated heterocycles. The SMILES string of the molecule is CCCCCC(=O)NC(=S)Nc1ccccc1C(=O)N1CCCC1. The lowest BCUT2D eigenvalue weighted by Crippen LogP contribution is -2.35. The highest BCUT2D eigenvalue weighted by molar-refractivity contribution is 7.80. The van der Waals surface area contributed by atoms with E-state index in [1.807, 2.05) is 17.0 Å². The zero-order valence-corrected chi connectivity index (χ0v) is 15.0. The molecular weight excluding hydrogens is 322 g/mol.